The maximum Gasteiger partial charge on any atom is 0.257 e. The molecular formula is C21H20ClN3O2. The highest BCUT2D eigenvalue weighted by molar-refractivity contribution is 6.29. The van der Waals surface area contributed by atoms with Gasteiger partial charge in [-0.25, -0.2) is 4.98 Å². The normalized spacial score (nSPS) is 10.5. The lowest BCUT2D eigenvalue weighted by Crippen LogP contribution is -2.30. The number of pyridine rings is 2. The first kappa shape index (κ1) is 18.9. The summed E-state index contributed by atoms with van der Waals surface area (Å²) in [6.07, 6.45) is 5.05. The molecule has 0 N–H and O–H groups in total. The van der Waals surface area contributed by atoms with Gasteiger partial charge in [0.15, 0.2) is 0 Å². The molecule has 0 saturated heterocycles. The van der Waals surface area contributed by atoms with E-state index in [1.165, 1.54) is 0 Å². The van der Waals surface area contributed by atoms with Gasteiger partial charge in [0.2, 0.25) is 0 Å². The van der Waals surface area contributed by atoms with Crippen LogP contribution in [-0.2, 0) is 0 Å². The number of rotatable bonds is 6. The van der Waals surface area contributed by atoms with E-state index < -0.39 is 0 Å². The lowest BCUT2D eigenvalue weighted by atomic mass is 10.0. The highest BCUT2D eigenvalue weighted by Crippen LogP contribution is 2.31. The molecule has 2 heterocycles. The van der Waals surface area contributed by atoms with Crippen LogP contribution in [0.1, 0.15) is 24.2 Å². The third-order valence-electron chi connectivity index (χ3n) is 4.18. The quantitative estimate of drug-likeness (QED) is 0.559. The third-order valence-corrected chi connectivity index (χ3v) is 4.39. The monoisotopic (exact) mass is 381 g/mol. The van der Waals surface area contributed by atoms with Gasteiger partial charge >= 0.3 is 0 Å². The van der Waals surface area contributed by atoms with E-state index in [9.17, 15) is 4.79 Å². The van der Waals surface area contributed by atoms with Gasteiger partial charge in [-0.2, -0.15) is 0 Å². The maximum absolute atomic E-state index is 13.1. The Hall–Kier alpha value is -2.92. The zero-order chi connectivity index (χ0) is 19.2. The molecule has 0 aliphatic carbocycles. The molecule has 0 bridgehead atoms. The fraction of sp³-hybridized carbons (Fsp3) is 0.190. The number of amides is 1. The van der Waals surface area contributed by atoms with Gasteiger partial charge in [0, 0.05) is 43.3 Å². The lowest BCUT2D eigenvalue weighted by Gasteiger charge is -2.21. The number of halogens is 1. The van der Waals surface area contributed by atoms with Crippen LogP contribution in [0.5, 0.6) is 11.5 Å². The summed E-state index contributed by atoms with van der Waals surface area (Å²) in [5.74, 6) is 0.917. The Bertz CT molecular complexity index is 928. The van der Waals surface area contributed by atoms with Gasteiger partial charge in [-0.05, 0) is 43.7 Å². The lowest BCUT2D eigenvalue weighted by molar-refractivity contribution is 0.0770. The number of aromatic nitrogens is 2. The second-order valence-corrected chi connectivity index (χ2v) is 6.23. The van der Waals surface area contributed by atoms with Gasteiger partial charge in [0.1, 0.15) is 16.7 Å². The standard InChI is InChI=1S/C21H20ClN3O2/c1-3-25(4-2)21(26)18-12-15(16-6-5-10-23-14-16)7-8-19(18)27-17-9-11-24-20(22)13-17/h5-14H,3-4H2,1-2H3. The van der Waals surface area contributed by atoms with E-state index in [-0.39, 0.29) is 5.91 Å². The first-order chi connectivity index (χ1) is 13.1. The first-order valence-electron chi connectivity index (χ1n) is 8.75. The van der Waals surface area contributed by atoms with Crippen molar-refractivity contribution in [3.63, 3.8) is 0 Å². The van der Waals surface area contributed by atoms with Crippen molar-refractivity contribution in [1.29, 1.82) is 0 Å². The van der Waals surface area contributed by atoms with Crippen LogP contribution in [0.3, 0.4) is 0 Å². The topological polar surface area (TPSA) is 55.3 Å². The summed E-state index contributed by atoms with van der Waals surface area (Å²) >= 11 is 5.94. The van der Waals surface area contributed by atoms with Gasteiger partial charge < -0.3 is 9.64 Å². The zero-order valence-electron chi connectivity index (χ0n) is 15.2. The SMILES string of the molecule is CCN(CC)C(=O)c1cc(-c2cccnc2)ccc1Oc1ccnc(Cl)c1. The van der Waals surface area contributed by atoms with Crippen molar-refractivity contribution in [3.8, 4) is 22.6 Å². The van der Waals surface area contributed by atoms with Gasteiger partial charge in [0.25, 0.3) is 5.91 Å². The van der Waals surface area contributed by atoms with Crippen molar-refractivity contribution in [2.45, 2.75) is 13.8 Å². The second-order valence-electron chi connectivity index (χ2n) is 5.85. The molecule has 6 heteroatoms. The molecule has 0 aliphatic heterocycles. The van der Waals surface area contributed by atoms with Crippen molar-refractivity contribution in [3.05, 3.63) is 71.8 Å². The molecule has 3 rings (SSSR count). The number of benzene rings is 1. The van der Waals surface area contributed by atoms with E-state index >= 15 is 0 Å². The van der Waals surface area contributed by atoms with Crippen molar-refractivity contribution in [2.24, 2.45) is 0 Å². The van der Waals surface area contributed by atoms with Gasteiger partial charge in [0.05, 0.1) is 5.56 Å². The summed E-state index contributed by atoms with van der Waals surface area (Å²) in [6.45, 7) is 5.14. The molecule has 0 unspecified atom stereocenters. The van der Waals surface area contributed by atoms with Gasteiger partial charge in [-0.15, -0.1) is 0 Å². The Labute approximate surface area is 163 Å². The number of carbonyl (C=O) groups excluding carboxylic acids is 1. The number of hydrogen-bond donors (Lipinski definition) is 0. The molecule has 0 atom stereocenters. The van der Waals surface area contributed by atoms with Crippen molar-refractivity contribution in [1.82, 2.24) is 14.9 Å². The van der Waals surface area contributed by atoms with Crippen LogP contribution in [0.25, 0.3) is 11.1 Å². The second kappa shape index (κ2) is 8.64. The molecule has 138 valence electrons. The molecule has 27 heavy (non-hydrogen) atoms. The summed E-state index contributed by atoms with van der Waals surface area (Å²) in [5.41, 5.74) is 2.33. The minimum absolute atomic E-state index is 0.0825. The maximum atomic E-state index is 13.1. The Morgan fingerprint density at radius 1 is 1.07 bits per heavy atom. The van der Waals surface area contributed by atoms with E-state index in [1.807, 2.05) is 38.1 Å². The minimum atomic E-state index is -0.0825. The molecule has 1 aromatic carbocycles. The fourth-order valence-corrected chi connectivity index (χ4v) is 2.92. The summed E-state index contributed by atoms with van der Waals surface area (Å²) < 4.78 is 5.95. The molecular weight excluding hydrogens is 362 g/mol. The van der Waals surface area contributed by atoms with Gasteiger partial charge in [-0.1, -0.05) is 23.7 Å². The third kappa shape index (κ3) is 4.44. The summed E-state index contributed by atoms with van der Waals surface area (Å²) in [5, 5.41) is 0.330. The number of carbonyl (C=O) groups is 1. The van der Waals surface area contributed by atoms with Crippen LogP contribution in [0.2, 0.25) is 5.15 Å². The van der Waals surface area contributed by atoms with E-state index in [1.54, 1.807) is 41.7 Å². The minimum Gasteiger partial charge on any atom is -0.456 e. The fourth-order valence-electron chi connectivity index (χ4n) is 2.76. The molecule has 2 aromatic heterocycles. The van der Waals surface area contributed by atoms with Crippen molar-refractivity contribution < 1.29 is 9.53 Å². The Morgan fingerprint density at radius 2 is 1.89 bits per heavy atom. The molecule has 0 radical (unpaired) electrons. The predicted molar refractivity (Wildman–Crippen MR) is 106 cm³/mol. The molecule has 0 fully saturated rings. The molecule has 0 spiro atoms. The first-order valence-corrected chi connectivity index (χ1v) is 9.13. The highest BCUT2D eigenvalue weighted by atomic mass is 35.5. The Morgan fingerprint density at radius 3 is 2.56 bits per heavy atom. The summed E-state index contributed by atoms with van der Waals surface area (Å²) in [4.78, 5) is 22.9. The van der Waals surface area contributed by atoms with E-state index in [2.05, 4.69) is 9.97 Å². The molecule has 0 aliphatic rings. The Kier molecular flexibility index (Phi) is 6.04. The van der Waals surface area contributed by atoms with Crippen LogP contribution < -0.4 is 4.74 Å². The average Bonchev–Trinajstić information content (AvgIpc) is 2.70. The Balaban J connectivity index is 2.04. The van der Waals surface area contributed by atoms with Gasteiger partial charge in [-0.3, -0.25) is 9.78 Å². The molecule has 0 saturated carbocycles. The zero-order valence-corrected chi connectivity index (χ0v) is 16.0. The van der Waals surface area contributed by atoms with Crippen LogP contribution in [0.15, 0.2) is 61.1 Å². The van der Waals surface area contributed by atoms with Crippen molar-refractivity contribution in [2.75, 3.05) is 13.1 Å². The molecule has 5 nitrogen and oxygen atoms in total. The van der Waals surface area contributed by atoms with Crippen LogP contribution in [-0.4, -0.2) is 33.9 Å². The predicted octanol–water partition coefficient (Wildman–Crippen LogP) is 5.07. The largest absolute Gasteiger partial charge is 0.456 e. The van der Waals surface area contributed by atoms with E-state index in [4.69, 9.17) is 16.3 Å². The number of nitrogens with zero attached hydrogens (tertiary/aromatic N) is 3. The van der Waals surface area contributed by atoms with Crippen LogP contribution in [0.4, 0.5) is 0 Å². The van der Waals surface area contributed by atoms with E-state index in [0.717, 1.165) is 11.1 Å². The number of ether oxygens (including phenoxy) is 1. The van der Waals surface area contributed by atoms with E-state index in [0.29, 0.717) is 35.3 Å². The van der Waals surface area contributed by atoms with Crippen LogP contribution in [0, 0.1) is 0 Å². The number of hydrogen-bond acceptors (Lipinski definition) is 4. The molecule has 3 aromatic rings. The average molecular weight is 382 g/mol. The summed E-state index contributed by atoms with van der Waals surface area (Å²) in [7, 11) is 0. The van der Waals surface area contributed by atoms with Crippen LogP contribution >= 0.6 is 11.6 Å². The summed E-state index contributed by atoms with van der Waals surface area (Å²) in [6, 6.07) is 12.7. The smallest absolute Gasteiger partial charge is 0.257 e. The van der Waals surface area contributed by atoms with Crippen molar-refractivity contribution >= 4 is 17.5 Å². The highest BCUT2D eigenvalue weighted by Gasteiger charge is 2.19. The molecule has 1 amide bonds.